The molecule has 0 aliphatic carbocycles. The number of hydrogen-bond donors (Lipinski definition) is 1. The summed E-state index contributed by atoms with van der Waals surface area (Å²) in [6.07, 6.45) is 1.30. The number of sulfone groups is 1. The maximum atomic E-state index is 13.0. The number of halogens is 1. The molecule has 0 spiro atoms. The molecule has 3 nitrogen and oxygen atoms in total. The van der Waals surface area contributed by atoms with Crippen molar-refractivity contribution in [1.82, 2.24) is 5.32 Å². The van der Waals surface area contributed by atoms with Gasteiger partial charge in [-0.2, -0.15) is 0 Å². The van der Waals surface area contributed by atoms with E-state index in [0.29, 0.717) is 18.4 Å². The Morgan fingerprint density at radius 1 is 1.29 bits per heavy atom. The average molecular weight is 257 g/mol. The largest absolute Gasteiger partial charge is 0.317 e. The molecule has 1 aliphatic heterocycles. The summed E-state index contributed by atoms with van der Waals surface area (Å²) >= 11 is 0. The molecular weight excluding hydrogens is 241 g/mol. The molecule has 1 aromatic carbocycles. The van der Waals surface area contributed by atoms with E-state index >= 15 is 0 Å². The molecule has 2 rings (SSSR count). The van der Waals surface area contributed by atoms with Gasteiger partial charge < -0.3 is 5.32 Å². The Labute approximate surface area is 101 Å². The van der Waals surface area contributed by atoms with Gasteiger partial charge in [0.1, 0.15) is 5.82 Å². The van der Waals surface area contributed by atoms with Crippen LogP contribution in [0.4, 0.5) is 4.39 Å². The van der Waals surface area contributed by atoms with Gasteiger partial charge in [0.25, 0.3) is 0 Å². The topological polar surface area (TPSA) is 46.2 Å². The highest BCUT2D eigenvalue weighted by Crippen LogP contribution is 2.18. The lowest BCUT2D eigenvalue weighted by Crippen LogP contribution is -2.36. The van der Waals surface area contributed by atoms with Gasteiger partial charge in [-0.1, -0.05) is 12.1 Å². The maximum Gasteiger partial charge on any atom is 0.157 e. The first kappa shape index (κ1) is 12.5. The van der Waals surface area contributed by atoms with Crippen molar-refractivity contribution in [2.24, 2.45) is 0 Å². The minimum atomic E-state index is -3.16. The normalized spacial score (nSPS) is 18.2. The van der Waals surface area contributed by atoms with Crippen molar-refractivity contribution in [3.63, 3.8) is 0 Å². The van der Waals surface area contributed by atoms with Gasteiger partial charge in [-0.25, -0.2) is 12.8 Å². The Kier molecular flexibility index (Phi) is 3.79. The van der Waals surface area contributed by atoms with E-state index in [0.717, 1.165) is 13.1 Å². The molecule has 1 aromatic rings. The molecule has 1 aliphatic rings. The van der Waals surface area contributed by atoms with Crippen molar-refractivity contribution in [2.45, 2.75) is 23.8 Å². The van der Waals surface area contributed by atoms with Crippen LogP contribution in [0.25, 0.3) is 0 Å². The van der Waals surface area contributed by atoms with Crippen LogP contribution in [0.5, 0.6) is 0 Å². The average Bonchev–Trinajstić information content (AvgIpc) is 2.29. The third-order valence-electron chi connectivity index (χ3n) is 3.05. The predicted molar refractivity (Wildman–Crippen MR) is 64.9 cm³/mol. The number of piperidine rings is 1. The lowest BCUT2D eigenvalue weighted by molar-refractivity contribution is 0.496. The monoisotopic (exact) mass is 257 g/mol. The van der Waals surface area contributed by atoms with Gasteiger partial charge in [-0.15, -0.1) is 0 Å². The predicted octanol–water partition coefficient (Wildman–Crippen LogP) is 1.49. The van der Waals surface area contributed by atoms with Crippen LogP contribution >= 0.6 is 0 Å². The molecule has 94 valence electrons. The maximum absolute atomic E-state index is 13.0. The van der Waals surface area contributed by atoms with Crippen LogP contribution in [0, 0.1) is 5.82 Å². The quantitative estimate of drug-likeness (QED) is 0.892. The van der Waals surface area contributed by atoms with E-state index in [-0.39, 0.29) is 16.8 Å². The van der Waals surface area contributed by atoms with Crippen LogP contribution in [0.3, 0.4) is 0 Å². The van der Waals surface area contributed by atoms with Crippen LogP contribution in [0.2, 0.25) is 0 Å². The minimum absolute atomic E-state index is 0.0601. The minimum Gasteiger partial charge on any atom is -0.317 e. The zero-order valence-electron chi connectivity index (χ0n) is 9.52. The molecule has 5 heteroatoms. The summed E-state index contributed by atoms with van der Waals surface area (Å²) in [4.78, 5) is 0. The summed E-state index contributed by atoms with van der Waals surface area (Å²) < 4.78 is 37.2. The number of benzene rings is 1. The van der Waals surface area contributed by atoms with E-state index in [4.69, 9.17) is 0 Å². The third kappa shape index (κ3) is 3.26. The summed E-state index contributed by atoms with van der Waals surface area (Å²) in [5.41, 5.74) is 0.531. The highest BCUT2D eigenvalue weighted by atomic mass is 32.2. The highest BCUT2D eigenvalue weighted by molar-refractivity contribution is 7.91. The molecule has 0 amide bonds. The number of nitrogens with one attached hydrogen (secondary N) is 1. The Hall–Kier alpha value is -0.940. The zero-order chi connectivity index (χ0) is 12.3. The third-order valence-corrected chi connectivity index (χ3v) is 5.27. The molecule has 17 heavy (non-hydrogen) atoms. The van der Waals surface area contributed by atoms with E-state index in [2.05, 4.69) is 5.32 Å². The number of hydrogen-bond acceptors (Lipinski definition) is 3. The summed E-state index contributed by atoms with van der Waals surface area (Å²) in [6.45, 7) is 1.49. The van der Waals surface area contributed by atoms with E-state index in [9.17, 15) is 12.8 Å². The lowest BCUT2D eigenvalue weighted by Gasteiger charge is -2.22. The first-order valence-electron chi connectivity index (χ1n) is 5.75. The van der Waals surface area contributed by atoms with Crippen LogP contribution in [-0.4, -0.2) is 26.8 Å². The van der Waals surface area contributed by atoms with Crippen molar-refractivity contribution in [3.05, 3.63) is 35.6 Å². The first-order chi connectivity index (χ1) is 8.08. The Balaban J connectivity index is 2.11. The van der Waals surface area contributed by atoms with Crippen LogP contribution in [0.1, 0.15) is 18.4 Å². The highest BCUT2D eigenvalue weighted by Gasteiger charge is 2.27. The molecule has 0 unspecified atom stereocenters. The SMILES string of the molecule is O=S(=O)(Cc1cccc(F)c1)C1CCNCC1. The fourth-order valence-corrected chi connectivity index (χ4v) is 3.97. The van der Waals surface area contributed by atoms with Gasteiger partial charge in [0.15, 0.2) is 9.84 Å². The van der Waals surface area contributed by atoms with Gasteiger partial charge in [0, 0.05) is 0 Å². The molecule has 1 fully saturated rings. The number of rotatable bonds is 3. The van der Waals surface area contributed by atoms with Gasteiger partial charge in [-0.3, -0.25) is 0 Å². The van der Waals surface area contributed by atoms with Crippen molar-refractivity contribution >= 4 is 9.84 Å². The molecule has 1 saturated heterocycles. The molecule has 0 saturated carbocycles. The van der Waals surface area contributed by atoms with Crippen LogP contribution in [0.15, 0.2) is 24.3 Å². The molecule has 1 N–H and O–H groups in total. The zero-order valence-corrected chi connectivity index (χ0v) is 10.3. The molecule has 0 bridgehead atoms. The van der Waals surface area contributed by atoms with Crippen molar-refractivity contribution in [3.8, 4) is 0 Å². The summed E-state index contributed by atoms with van der Waals surface area (Å²) in [7, 11) is -3.16. The van der Waals surface area contributed by atoms with Gasteiger partial charge in [-0.05, 0) is 43.6 Å². The van der Waals surface area contributed by atoms with E-state index < -0.39 is 9.84 Å². The van der Waals surface area contributed by atoms with Crippen molar-refractivity contribution in [1.29, 1.82) is 0 Å². The van der Waals surface area contributed by atoms with E-state index in [1.165, 1.54) is 12.1 Å². The first-order valence-corrected chi connectivity index (χ1v) is 7.46. The van der Waals surface area contributed by atoms with Crippen molar-refractivity contribution < 1.29 is 12.8 Å². The second-order valence-electron chi connectivity index (χ2n) is 4.39. The molecule has 0 aromatic heterocycles. The second-order valence-corrected chi connectivity index (χ2v) is 6.67. The lowest BCUT2D eigenvalue weighted by atomic mass is 10.2. The molecule has 0 radical (unpaired) electrons. The van der Waals surface area contributed by atoms with Crippen molar-refractivity contribution in [2.75, 3.05) is 13.1 Å². The summed E-state index contributed by atoms with van der Waals surface area (Å²) in [6, 6.07) is 5.81. The van der Waals surface area contributed by atoms with Gasteiger partial charge in [0.2, 0.25) is 0 Å². The standard InChI is InChI=1S/C12H16FNO2S/c13-11-3-1-2-10(8-11)9-17(15,16)12-4-6-14-7-5-12/h1-3,8,12,14H,4-7,9H2. The molecule has 1 heterocycles. The van der Waals surface area contributed by atoms with E-state index in [1.807, 2.05) is 0 Å². The summed E-state index contributed by atoms with van der Waals surface area (Å²) in [5.74, 6) is -0.446. The molecule has 0 atom stereocenters. The van der Waals surface area contributed by atoms with E-state index in [1.54, 1.807) is 12.1 Å². The Bertz CT molecular complexity index is 481. The molecular formula is C12H16FNO2S. The fraction of sp³-hybridized carbons (Fsp3) is 0.500. The fourth-order valence-electron chi connectivity index (χ4n) is 2.13. The smallest absolute Gasteiger partial charge is 0.157 e. The van der Waals surface area contributed by atoms with Gasteiger partial charge >= 0.3 is 0 Å². The van der Waals surface area contributed by atoms with Crippen LogP contribution < -0.4 is 5.32 Å². The Morgan fingerprint density at radius 3 is 2.65 bits per heavy atom. The second kappa shape index (κ2) is 5.14. The Morgan fingerprint density at radius 2 is 2.00 bits per heavy atom. The summed E-state index contributed by atoms with van der Waals surface area (Å²) in [5, 5.41) is 2.85. The van der Waals surface area contributed by atoms with Gasteiger partial charge in [0.05, 0.1) is 11.0 Å². The van der Waals surface area contributed by atoms with Crippen LogP contribution in [-0.2, 0) is 15.6 Å².